The van der Waals surface area contributed by atoms with Crippen LogP contribution in [0, 0.1) is 0 Å². The molecular weight excluding hydrogens is 194 g/mol. The Hall–Kier alpha value is -1.20. The Morgan fingerprint density at radius 2 is 2.20 bits per heavy atom. The monoisotopic (exact) mass is 211 g/mol. The van der Waals surface area contributed by atoms with Gasteiger partial charge in [0.25, 0.3) is 0 Å². The number of carbonyl (C=O) groups is 2. The van der Waals surface area contributed by atoms with Gasteiger partial charge in [-0.2, -0.15) is 0 Å². The van der Waals surface area contributed by atoms with Crippen LogP contribution in [0.1, 0.15) is 12.8 Å². The standard InChI is InChI=1S/C10H17N3O2/c1-4-9(14)11-10(15)8-6-5-7-13(8)12(2)3/h4,8H,1,5-7H2,2-3H3,(H,11,14,15)/t8-/m0/s1. The molecule has 1 saturated heterocycles. The van der Waals surface area contributed by atoms with Crippen LogP contribution in [0.25, 0.3) is 0 Å². The number of carbonyl (C=O) groups excluding carboxylic acids is 2. The van der Waals surface area contributed by atoms with Crippen molar-refractivity contribution in [3.63, 3.8) is 0 Å². The molecule has 0 aromatic rings. The summed E-state index contributed by atoms with van der Waals surface area (Å²) < 4.78 is 0. The van der Waals surface area contributed by atoms with E-state index in [1.165, 1.54) is 0 Å². The lowest BCUT2D eigenvalue weighted by Gasteiger charge is -2.29. The molecule has 15 heavy (non-hydrogen) atoms. The first kappa shape index (κ1) is 11.9. The maximum absolute atomic E-state index is 11.7. The van der Waals surface area contributed by atoms with Gasteiger partial charge in [0.15, 0.2) is 0 Å². The minimum Gasteiger partial charge on any atom is -0.291 e. The van der Waals surface area contributed by atoms with E-state index in [1.54, 1.807) is 0 Å². The first-order valence-electron chi connectivity index (χ1n) is 4.97. The number of nitrogens with zero attached hydrogens (tertiary/aromatic N) is 2. The molecule has 5 heteroatoms. The lowest BCUT2D eigenvalue weighted by Crippen LogP contribution is -2.49. The van der Waals surface area contributed by atoms with Gasteiger partial charge >= 0.3 is 0 Å². The first-order chi connectivity index (χ1) is 7.06. The zero-order chi connectivity index (χ0) is 11.4. The van der Waals surface area contributed by atoms with Crippen LogP contribution in [0.4, 0.5) is 0 Å². The summed E-state index contributed by atoms with van der Waals surface area (Å²) in [6.45, 7) is 4.16. The Labute approximate surface area is 89.7 Å². The van der Waals surface area contributed by atoms with Crippen LogP contribution in [-0.4, -0.2) is 48.5 Å². The summed E-state index contributed by atoms with van der Waals surface area (Å²) in [5.74, 6) is -0.684. The number of hydrogen-bond acceptors (Lipinski definition) is 4. The second-order valence-corrected chi connectivity index (χ2v) is 3.73. The van der Waals surface area contributed by atoms with Crippen molar-refractivity contribution in [2.24, 2.45) is 0 Å². The molecule has 0 spiro atoms. The summed E-state index contributed by atoms with van der Waals surface area (Å²) in [5.41, 5.74) is 0. The predicted molar refractivity (Wildman–Crippen MR) is 56.8 cm³/mol. The van der Waals surface area contributed by atoms with Gasteiger partial charge < -0.3 is 0 Å². The van der Waals surface area contributed by atoms with Crippen molar-refractivity contribution in [2.75, 3.05) is 20.6 Å². The van der Waals surface area contributed by atoms with E-state index in [1.807, 2.05) is 24.1 Å². The molecule has 0 unspecified atom stereocenters. The minimum absolute atomic E-state index is 0.233. The highest BCUT2D eigenvalue weighted by Crippen LogP contribution is 2.17. The molecule has 84 valence electrons. The number of hydrogen-bond donors (Lipinski definition) is 1. The van der Waals surface area contributed by atoms with Gasteiger partial charge in [-0.25, -0.2) is 10.0 Å². The van der Waals surface area contributed by atoms with Crippen LogP contribution in [0.2, 0.25) is 0 Å². The second-order valence-electron chi connectivity index (χ2n) is 3.73. The average Bonchev–Trinajstić information content (AvgIpc) is 2.65. The summed E-state index contributed by atoms with van der Waals surface area (Å²) in [4.78, 5) is 22.7. The molecular formula is C10H17N3O2. The van der Waals surface area contributed by atoms with Crippen molar-refractivity contribution >= 4 is 11.8 Å². The maximum atomic E-state index is 11.7. The summed E-state index contributed by atoms with van der Waals surface area (Å²) in [6, 6.07) is -0.233. The highest BCUT2D eigenvalue weighted by molar-refractivity contribution is 6.02. The van der Waals surface area contributed by atoms with Crippen LogP contribution in [0.3, 0.4) is 0 Å². The Balaban J connectivity index is 2.58. The fourth-order valence-electron chi connectivity index (χ4n) is 1.75. The van der Waals surface area contributed by atoms with Gasteiger partial charge in [-0.05, 0) is 18.9 Å². The van der Waals surface area contributed by atoms with Crippen LogP contribution < -0.4 is 5.32 Å². The third kappa shape index (κ3) is 2.87. The van der Waals surface area contributed by atoms with Gasteiger partial charge in [0.05, 0.1) is 0 Å². The van der Waals surface area contributed by atoms with Crippen LogP contribution in [0.15, 0.2) is 12.7 Å². The van der Waals surface area contributed by atoms with Crippen molar-refractivity contribution in [1.29, 1.82) is 0 Å². The van der Waals surface area contributed by atoms with E-state index < -0.39 is 5.91 Å². The molecule has 0 aromatic heterocycles. The Kier molecular flexibility index (Phi) is 3.99. The molecule has 1 aliphatic heterocycles. The van der Waals surface area contributed by atoms with Gasteiger partial charge in [0, 0.05) is 20.6 Å². The summed E-state index contributed by atoms with van der Waals surface area (Å²) in [5, 5.41) is 6.13. The summed E-state index contributed by atoms with van der Waals surface area (Å²) in [6.07, 6.45) is 2.86. The van der Waals surface area contributed by atoms with E-state index in [0.29, 0.717) is 0 Å². The summed E-state index contributed by atoms with van der Waals surface area (Å²) in [7, 11) is 3.78. The largest absolute Gasteiger partial charge is 0.291 e. The molecule has 0 radical (unpaired) electrons. The molecule has 2 amide bonds. The highest BCUT2D eigenvalue weighted by atomic mass is 16.2. The molecule has 0 aliphatic carbocycles. The van der Waals surface area contributed by atoms with Crippen molar-refractivity contribution < 1.29 is 9.59 Å². The van der Waals surface area contributed by atoms with Crippen molar-refractivity contribution in [3.05, 3.63) is 12.7 Å². The zero-order valence-corrected chi connectivity index (χ0v) is 9.19. The van der Waals surface area contributed by atoms with Crippen molar-refractivity contribution in [2.45, 2.75) is 18.9 Å². The van der Waals surface area contributed by atoms with Crippen molar-refractivity contribution in [3.8, 4) is 0 Å². The normalized spacial score (nSPS) is 21.7. The minimum atomic E-state index is -0.439. The number of rotatable bonds is 3. The summed E-state index contributed by atoms with van der Waals surface area (Å²) >= 11 is 0. The molecule has 0 bridgehead atoms. The molecule has 1 heterocycles. The lowest BCUT2D eigenvalue weighted by molar-refractivity contribution is -0.135. The zero-order valence-electron chi connectivity index (χ0n) is 9.19. The van der Waals surface area contributed by atoms with Gasteiger partial charge in [-0.1, -0.05) is 6.58 Å². The number of imide groups is 1. The van der Waals surface area contributed by atoms with Gasteiger partial charge in [-0.15, -0.1) is 0 Å². The van der Waals surface area contributed by atoms with Gasteiger partial charge in [0.1, 0.15) is 6.04 Å². The third-order valence-corrected chi connectivity index (χ3v) is 2.47. The van der Waals surface area contributed by atoms with Crippen LogP contribution >= 0.6 is 0 Å². The molecule has 1 atom stereocenters. The SMILES string of the molecule is C=CC(=O)NC(=O)[C@@H]1CCCN1N(C)C. The number of hydrazine groups is 1. The number of nitrogens with one attached hydrogen (secondary N) is 1. The fourth-order valence-corrected chi connectivity index (χ4v) is 1.75. The Morgan fingerprint density at radius 3 is 2.73 bits per heavy atom. The Bertz CT molecular complexity index is 276. The van der Waals surface area contributed by atoms with E-state index >= 15 is 0 Å². The average molecular weight is 211 g/mol. The molecule has 1 N–H and O–H groups in total. The van der Waals surface area contributed by atoms with E-state index in [2.05, 4.69) is 11.9 Å². The van der Waals surface area contributed by atoms with E-state index in [9.17, 15) is 9.59 Å². The van der Waals surface area contributed by atoms with Crippen LogP contribution in [0.5, 0.6) is 0 Å². The van der Waals surface area contributed by atoms with Crippen LogP contribution in [-0.2, 0) is 9.59 Å². The topological polar surface area (TPSA) is 52.7 Å². The molecule has 1 aliphatic rings. The van der Waals surface area contributed by atoms with Gasteiger partial charge in [-0.3, -0.25) is 14.9 Å². The van der Waals surface area contributed by atoms with Gasteiger partial charge in [0.2, 0.25) is 11.8 Å². The molecule has 0 saturated carbocycles. The van der Waals surface area contributed by atoms with Crippen molar-refractivity contribution in [1.82, 2.24) is 15.3 Å². The molecule has 1 fully saturated rings. The smallest absolute Gasteiger partial charge is 0.249 e. The third-order valence-electron chi connectivity index (χ3n) is 2.47. The highest BCUT2D eigenvalue weighted by Gasteiger charge is 2.32. The van der Waals surface area contributed by atoms with E-state index in [-0.39, 0.29) is 11.9 Å². The van der Waals surface area contributed by atoms with E-state index in [0.717, 1.165) is 25.5 Å². The Morgan fingerprint density at radius 1 is 1.53 bits per heavy atom. The fraction of sp³-hybridized carbons (Fsp3) is 0.600. The molecule has 1 rings (SSSR count). The second kappa shape index (κ2) is 5.04. The number of amides is 2. The molecule has 5 nitrogen and oxygen atoms in total. The molecule has 0 aromatic carbocycles. The van der Waals surface area contributed by atoms with E-state index in [4.69, 9.17) is 0 Å². The lowest BCUT2D eigenvalue weighted by atomic mass is 10.2. The predicted octanol–water partition coefficient (Wildman–Crippen LogP) is -0.244. The first-order valence-corrected chi connectivity index (χ1v) is 4.97. The maximum Gasteiger partial charge on any atom is 0.249 e. The quantitative estimate of drug-likeness (QED) is 0.654.